The van der Waals surface area contributed by atoms with Gasteiger partial charge in [0, 0.05) is 25.0 Å². The molecule has 3 heterocycles. The van der Waals surface area contributed by atoms with E-state index in [2.05, 4.69) is 22.5 Å². The molecule has 1 aliphatic rings. The molecule has 1 aliphatic heterocycles. The Morgan fingerprint density at radius 1 is 1.50 bits per heavy atom. The van der Waals surface area contributed by atoms with E-state index in [9.17, 15) is 9.59 Å². The SMILES string of the molecule is Cc1ccn2c(=O)c(C(=O)NC3CNCCC3C)cnc2c1. The number of nitrogens with one attached hydrogen (secondary N) is 2. The van der Waals surface area contributed by atoms with Crippen LogP contribution in [0, 0.1) is 12.8 Å². The Labute approximate surface area is 128 Å². The minimum Gasteiger partial charge on any atom is -0.348 e. The standard InChI is InChI=1S/C16H20N4O2/c1-10-4-6-20-14(7-10)18-8-12(16(20)22)15(21)19-13-9-17-5-3-11(13)2/h4,6-8,11,13,17H,3,5,9H2,1-2H3,(H,19,21). The van der Waals surface area contributed by atoms with Crippen LogP contribution in [0.15, 0.2) is 29.3 Å². The van der Waals surface area contributed by atoms with Crippen molar-refractivity contribution >= 4 is 11.6 Å². The summed E-state index contributed by atoms with van der Waals surface area (Å²) in [6.45, 7) is 5.74. The monoisotopic (exact) mass is 300 g/mol. The minimum absolute atomic E-state index is 0.0411. The summed E-state index contributed by atoms with van der Waals surface area (Å²) < 4.78 is 1.41. The summed E-state index contributed by atoms with van der Waals surface area (Å²) in [6, 6.07) is 3.68. The van der Waals surface area contributed by atoms with E-state index in [4.69, 9.17) is 0 Å². The van der Waals surface area contributed by atoms with Gasteiger partial charge in [0.25, 0.3) is 11.5 Å². The molecule has 0 bridgehead atoms. The van der Waals surface area contributed by atoms with Crippen LogP contribution < -0.4 is 16.2 Å². The first-order valence-electron chi connectivity index (χ1n) is 7.56. The maximum Gasteiger partial charge on any atom is 0.270 e. The Morgan fingerprint density at radius 2 is 2.32 bits per heavy atom. The molecule has 1 saturated heterocycles. The van der Waals surface area contributed by atoms with Crippen molar-refractivity contribution in [2.75, 3.05) is 13.1 Å². The second kappa shape index (κ2) is 5.88. The van der Waals surface area contributed by atoms with Crippen LogP contribution in [0.5, 0.6) is 0 Å². The number of aryl methyl sites for hydroxylation is 1. The maximum atomic E-state index is 12.5. The third kappa shape index (κ3) is 2.74. The molecule has 2 N–H and O–H groups in total. The molecule has 0 saturated carbocycles. The van der Waals surface area contributed by atoms with Gasteiger partial charge in [-0.15, -0.1) is 0 Å². The first-order valence-corrected chi connectivity index (χ1v) is 7.56. The molecule has 0 aliphatic carbocycles. The molecule has 2 aromatic heterocycles. The van der Waals surface area contributed by atoms with E-state index < -0.39 is 0 Å². The zero-order chi connectivity index (χ0) is 15.7. The predicted octanol–water partition coefficient (Wildman–Crippen LogP) is 0.731. The summed E-state index contributed by atoms with van der Waals surface area (Å²) in [7, 11) is 0. The molecule has 2 aromatic rings. The van der Waals surface area contributed by atoms with Crippen LogP contribution in [0.25, 0.3) is 5.65 Å². The number of aromatic nitrogens is 2. The number of carbonyl (C=O) groups excluding carboxylic acids is 1. The summed E-state index contributed by atoms with van der Waals surface area (Å²) >= 11 is 0. The van der Waals surface area contributed by atoms with Gasteiger partial charge in [-0.05, 0) is 43.5 Å². The van der Waals surface area contributed by atoms with Crippen molar-refractivity contribution in [2.24, 2.45) is 5.92 Å². The van der Waals surface area contributed by atoms with Crippen molar-refractivity contribution < 1.29 is 4.79 Å². The number of amides is 1. The van der Waals surface area contributed by atoms with Gasteiger partial charge >= 0.3 is 0 Å². The van der Waals surface area contributed by atoms with Gasteiger partial charge in [0.05, 0.1) is 0 Å². The van der Waals surface area contributed by atoms with E-state index in [1.54, 1.807) is 6.20 Å². The zero-order valence-electron chi connectivity index (χ0n) is 12.8. The highest BCUT2D eigenvalue weighted by atomic mass is 16.2. The molecule has 2 unspecified atom stereocenters. The van der Waals surface area contributed by atoms with Gasteiger partial charge < -0.3 is 10.6 Å². The topological polar surface area (TPSA) is 75.5 Å². The Bertz CT molecular complexity index is 768. The van der Waals surface area contributed by atoms with Gasteiger partial charge in [-0.2, -0.15) is 0 Å². The third-order valence-electron chi connectivity index (χ3n) is 4.25. The lowest BCUT2D eigenvalue weighted by atomic mass is 9.94. The molecule has 0 radical (unpaired) electrons. The van der Waals surface area contributed by atoms with Crippen molar-refractivity contribution in [3.8, 4) is 0 Å². The van der Waals surface area contributed by atoms with E-state index in [1.165, 1.54) is 10.6 Å². The molecule has 0 spiro atoms. The van der Waals surface area contributed by atoms with E-state index in [-0.39, 0.29) is 23.1 Å². The van der Waals surface area contributed by atoms with Crippen LogP contribution >= 0.6 is 0 Å². The molecule has 116 valence electrons. The Balaban J connectivity index is 1.89. The number of nitrogens with zero attached hydrogens (tertiary/aromatic N) is 2. The molecule has 6 nitrogen and oxygen atoms in total. The fourth-order valence-corrected chi connectivity index (χ4v) is 2.76. The highest BCUT2D eigenvalue weighted by Crippen LogP contribution is 2.11. The van der Waals surface area contributed by atoms with E-state index in [0.717, 1.165) is 25.1 Å². The molecular weight excluding hydrogens is 280 g/mol. The average molecular weight is 300 g/mol. The van der Waals surface area contributed by atoms with Crippen LogP contribution in [-0.2, 0) is 0 Å². The molecule has 6 heteroatoms. The quantitative estimate of drug-likeness (QED) is 0.857. The van der Waals surface area contributed by atoms with Gasteiger partial charge in [-0.1, -0.05) is 6.92 Å². The summed E-state index contributed by atoms with van der Waals surface area (Å²) in [4.78, 5) is 29.1. The highest BCUT2D eigenvalue weighted by Gasteiger charge is 2.24. The number of rotatable bonds is 2. The summed E-state index contributed by atoms with van der Waals surface area (Å²) in [5.74, 6) is 0.0389. The van der Waals surface area contributed by atoms with E-state index in [1.807, 2.05) is 19.1 Å². The van der Waals surface area contributed by atoms with Crippen molar-refractivity contribution in [1.82, 2.24) is 20.0 Å². The maximum absolute atomic E-state index is 12.5. The van der Waals surface area contributed by atoms with Crippen LogP contribution in [0.4, 0.5) is 0 Å². The second-order valence-corrected chi connectivity index (χ2v) is 5.96. The Hall–Kier alpha value is -2.21. The molecule has 2 atom stereocenters. The minimum atomic E-state index is -0.354. The second-order valence-electron chi connectivity index (χ2n) is 5.96. The number of fused-ring (bicyclic) bond motifs is 1. The largest absolute Gasteiger partial charge is 0.348 e. The zero-order valence-corrected chi connectivity index (χ0v) is 12.8. The first-order chi connectivity index (χ1) is 10.6. The number of piperidine rings is 1. The summed E-state index contributed by atoms with van der Waals surface area (Å²) in [5.41, 5.74) is 1.32. The number of carbonyl (C=O) groups is 1. The van der Waals surface area contributed by atoms with Crippen LogP contribution in [-0.4, -0.2) is 34.4 Å². The smallest absolute Gasteiger partial charge is 0.270 e. The Kier molecular flexibility index (Phi) is 3.94. The van der Waals surface area contributed by atoms with Gasteiger partial charge in [0.2, 0.25) is 0 Å². The van der Waals surface area contributed by atoms with Crippen molar-refractivity contribution in [3.63, 3.8) is 0 Å². The average Bonchev–Trinajstić information content (AvgIpc) is 2.49. The fourth-order valence-electron chi connectivity index (χ4n) is 2.76. The van der Waals surface area contributed by atoms with E-state index in [0.29, 0.717) is 11.6 Å². The molecule has 1 fully saturated rings. The van der Waals surface area contributed by atoms with Crippen LogP contribution in [0.3, 0.4) is 0 Å². The van der Waals surface area contributed by atoms with E-state index >= 15 is 0 Å². The van der Waals surface area contributed by atoms with Crippen LogP contribution in [0.1, 0.15) is 29.3 Å². The molecular formula is C16H20N4O2. The summed E-state index contributed by atoms with van der Waals surface area (Å²) in [6.07, 6.45) is 4.04. The normalized spacial score (nSPS) is 21.7. The van der Waals surface area contributed by atoms with Gasteiger partial charge in [-0.25, -0.2) is 4.98 Å². The number of pyridine rings is 1. The molecule has 0 aromatic carbocycles. The molecule has 3 rings (SSSR count). The number of hydrogen-bond acceptors (Lipinski definition) is 4. The molecule has 22 heavy (non-hydrogen) atoms. The first kappa shape index (κ1) is 14.7. The van der Waals surface area contributed by atoms with Crippen molar-refractivity contribution in [3.05, 3.63) is 46.0 Å². The van der Waals surface area contributed by atoms with Crippen LogP contribution in [0.2, 0.25) is 0 Å². The van der Waals surface area contributed by atoms with Crippen molar-refractivity contribution in [1.29, 1.82) is 0 Å². The predicted molar refractivity (Wildman–Crippen MR) is 84.1 cm³/mol. The lowest BCUT2D eigenvalue weighted by Crippen LogP contribution is -2.51. The number of hydrogen-bond donors (Lipinski definition) is 2. The van der Waals surface area contributed by atoms with Gasteiger partial charge in [0.1, 0.15) is 11.2 Å². The van der Waals surface area contributed by atoms with Gasteiger partial charge in [0.15, 0.2) is 0 Å². The third-order valence-corrected chi connectivity index (χ3v) is 4.25. The lowest BCUT2D eigenvalue weighted by molar-refractivity contribution is 0.0913. The highest BCUT2D eigenvalue weighted by molar-refractivity contribution is 5.94. The lowest BCUT2D eigenvalue weighted by Gasteiger charge is -2.30. The Morgan fingerprint density at radius 3 is 3.09 bits per heavy atom. The molecule has 1 amide bonds. The summed E-state index contributed by atoms with van der Waals surface area (Å²) in [5, 5.41) is 6.21. The van der Waals surface area contributed by atoms with Gasteiger partial charge in [-0.3, -0.25) is 14.0 Å². The fraction of sp³-hybridized carbons (Fsp3) is 0.438. The van der Waals surface area contributed by atoms with Crippen molar-refractivity contribution in [2.45, 2.75) is 26.3 Å².